The van der Waals surface area contributed by atoms with Gasteiger partial charge in [-0.3, -0.25) is 4.72 Å². The quantitative estimate of drug-likeness (QED) is 0.712. The Bertz CT molecular complexity index is 1050. The molecule has 0 spiro atoms. The van der Waals surface area contributed by atoms with Gasteiger partial charge in [0.1, 0.15) is 0 Å². The van der Waals surface area contributed by atoms with Crippen molar-refractivity contribution in [2.24, 2.45) is 0 Å². The first-order valence-corrected chi connectivity index (χ1v) is 10.1. The Morgan fingerprint density at radius 2 is 1.77 bits per heavy atom. The van der Waals surface area contributed by atoms with E-state index in [9.17, 15) is 8.42 Å². The maximum absolute atomic E-state index is 12.6. The lowest BCUT2D eigenvalue weighted by molar-refractivity contribution is 0.509. The Morgan fingerprint density at radius 3 is 2.42 bits per heavy atom. The van der Waals surface area contributed by atoms with Gasteiger partial charge in [0.15, 0.2) is 11.7 Å². The van der Waals surface area contributed by atoms with Crippen molar-refractivity contribution >= 4 is 15.7 Å². The minimum atomic E-state index is -3.61. The maximum Gasteiger partial charge on any atom is 0.261 e. The number of rotatable bonds is 5. The van der Waals surface area contributed by atoms with Crippen molar-refractivity contribution in [2.75, 3.05) is 4.72 Å². The van der Waals surface area contributed by atoms with Crippen LogP contribution in [0.3, 0.4) is 0 Å². The number of sulfonamides is 1. The van der Waals surface area contributed by atoms with Crippen molar-refractivity contribution in [2.45, 2.75) is 37.5 Å². The molecule has 0 radical (unpaired) electrons. The Hall–Kier alpha value is -2.60. The average molecular weight is 368 g/mol. The number of aromatic nitrogens is 1. The first-order valence-electron chi connectivity index (χ1n) is 8.58. The fourth-order valence-electron chi connectivity index (χ4n) is 2.74. The van der Waals surface area contributed by atoms with Crippen LogP contribution in [0.2, 0.25) is 0 Å². The van der Waals surface area contributed by atoms with Crippen LogP contribution in [-0.2, 0) is 10.0 Å². The van der Waals surface area contributed by atoms with Crippen LogP contribution in [0.4, 0.5) is 5.69 Å². The maximum atomic E-state index is 12.6. The van der Waals surface area contributed by atoms with Gasteiger partial charge in [-0.05, 0) is 74.2 Å². The standard InChI is InChI=1S/C20H20N2O3S/c1-13-3-10-18(11-14(13)2)26(23,24)22-17-8-6-15(7-9-17)19-12-21-20(25-19)16-4-5-16/h3,6-12,16,22H,4-5H2,1-2H3. The highest BCUT2D eigenvalue weighted by molar-refractivity contribution is 7.92. The van der Waals surface area contributed by atoms with Gasteiger partial charge in [-0.15, -0.1) is 0 Å². The normalized spacial score (nSPS) is 14.4. The molecular formula is C20H20N2O3S. The van der Waals surface area contributed by atoms with Crippen molar-refractivity contribution < 1.29 is 12.8 Å². The van der Waals surface area contributed by atoms with Crippen LogP contribution in [0.15, 0.2) is 58.0 Å². The lowest BCUT2D eigenvalue weighted by atomic mass is 10.1. The van der Waals surface area contributed by atoms with Crippen LogP contribution >= 0.6 is 0 Å². The summed E-state index contributed by atoms with van der Waals surface area (Å²) in [5, 5.41) is 0. The molecule has 1 aliphatic carbocycles. The molecule has 2 aromatic carbocycles. The van der Waals surface area contributed by atoms with E-state index >= 15 is 0 Å². The molecule has 0 bridgehead atoms. The summed E-state index contributed by atoms with van der Waals surface area (Å²) in [6.07, 6.45) is 4.00. The summed E-state index contributed by atoms with van der Waals surface area (Å²) in [7, 11) is -3.61. The van der Waals surface area contributed by atoms with Crippen molar-refractivity contribution in [1.29, 1.82) is 0 Å². The number of anilines is 1. The second-order valence-electron chi connectivity index (χ2n) is 6.77. The molecule has 5 nitrogen and oxygen atoms in total. The minimum absolute atomic E-state index is 0.258. The number of hydrogen-bond acceptors (Lipinski definition) is 4. The molecule has 1 N–H and O–H groups in total. The smallest absolute Gasteiger partial charge is 0.261 e. The summed E-state index contributed by atoms with van der Waals surface area (Å²) >= 11 is 0. The van der Waals surface area contributed by atoms with Gasteiger partial charge < -0.3 is 4.42 Å². The van der Waals surface area contributed by atoms with Crippen LogP contribution in [0, 0.1) is 13.8 Å². The predicted molar refractivity (Wildman–Crippen MR) is 101 cm³/mol. The van der Waals surface area contributed by atoms with E-state index in [0.29, 0.717) is 17.4 Å². The molecule has 0 unspecified atom stereocenters. The van der Waals surface area contributed by atoms with Gasteiger partial charge in [0.25, 0.3) is 10.0 Å². The lowest BCUT2D eigenvalue weighted by Gasteiger charge is -2.10. The molecule has 1 aliphatic rings. The summed E-state index contributed by atoms with van der Waals surface area (Å²) in [5.41, 5.74) is 3.39. The Balaban J connectivity index is 1.53. The summed E-state index contributed by atoms with van der Waals surface area (Å²) in [6, 6.07) is 12.2. The van der Waals surface area contributed by atoms with Crippen LogP contribution in [0.1, 0.15) is 35.8 Å². The highest BCUT2D eigenvalue weighted by Gasteiger charge is 2.28. The average Bonchev–Trinajstić information content (AvgIpc) is 3.35. The number of benzene rings is 2. The van der Waals surface area contributed by atoms with E-state index in [2.05, 4.69) is 9.71 Å². The van der Waals surface area contributed by atoms with Crippen LogP contribution in [-0.4, -0.2) is 13.4 Å². The SMILES string of the molecule is Cc1ccc(S(=O)(=O)Nc2ccc(-c3cnc(C4CC4)o3)cc2)cc1C. The van der Waals surface area contributed by atoms with E-state index in [1.807, 2.05) is 32.0 Å². The van der Waals surface area contributed by atoms with Gasteiger partial charge in [-0.1, -0.05) is 6.07 Å². The molecule has 1 heterocycles. The molecule has 134 valence electrons. The zero-order valence-electron chi connectivity index (χ0n) is 14.7. The Labute approximate surface area is 153 Å². The first kappa shape index (κ1) is 16.8. The lowest BCUT2D eigenvalue weighted by Crippen LogP contribution is -2.13. The molecule has 1 saturated carbocycles. The van der Waals surface area contributed by atoms with Crippen LogP contribution < -0.4 is 4.72 Å². The molecule has 0 saturated heterocycles. The third kappa shape index (κ3) is 3.37. The minimum Gasteiger partial charge on any atom is -0.440 e. The van der Waals surface area contributed by atoms with E-state index < -0.39 is 10.0 Å². The third-order valence-corrected chi connectivity index (χ3v) is 6.04. The summed E-state index contributed by atoms with van der Waals surface area (Å²) in [6.45, 7) is 3.85. The third-order valence-electron chi connectivity index (χ3n) is 4.66. The van der Waals surface area contributed by atoms with E-state index in [1.54, 1.807) is 30.5 Å². The van der Waals surface area contributed by atoms with E-state index in [-0.39, 0.29) is 4.90 Å². The zero-order chi connectivity index (χ0) is 18.3. The van der Waals surface area contributed by atoms with Gasteiger partial charge in [-0.25, -0.2) is 13.4 Å². The van der Waals surface area contributed by atoms with Gasteiger partial charge in [0, 0.05) is 17.2 Å². The molecule has 26 heavy (non-hydrogen) atoms. The zero-order valence-corrected chi connectivity index (χ0v) is 15.5. The van der Waals surface area contributed by atoms with Crippen molar-refractivity contribution in [3.05, 3.63) is 65.7 Å². The largest absolute Gasteiger partial charge is 0.440 e. The summed E-state index contributed by atoms with van der Waals surface area (Å²) in [4.78, 5) is 4.57. The summed E-state index contributed by atoms with van der Waals surface area (Å²) < 4.78 is 33.5. The van der Waals surface area contributed by atoms with Crippen molar-refractivity contribution in [3.63, 3.8) is 0 Å². The first-order chi connectivity index (χ1) is 12.4. The molecule has 0 atom stereocenters. The highest BCUT2D eigenvalue weighted by atomic mass is 32.2. The molecule has 1 fully saturated rings. The van der Waals surface area contributed by atoms with E-state index in [1.165, 1.54) is 0 Å². The molecule has 4 rings (SSSR count). The molecule has 6 heteroatoms. The van der Waals surface area contributed by atoms with E-state index in [4.69, 9.17) is 4.42 Å². The van der Waals surface area contributed by atoms with Gasteiger partial charge in [-0.2, -0.15) is 0 Å². The van der Waals surface area contributed by atoms with Gasteiger partial charge >= 0.3 is 0 Å². The Morgan fingerprint density at radius 1 is 1.04 bits per heavy atom. The molecule has 0 amide bonds. The number of hydrogen-bond donors (Lipinski definition) is 1. The molecular weight excluding hydrogens is 348 g/mol. The van der Waals surface area contributed by atoms with Crippen molar-refractivity contribution in [1.82, 2.24) is 4.98 Å². The number of nitrogens with zero attached hydrogens (tertiary/aromatic N) is 1. The Kier molecular flexibility index (Phi) is 4.07. The van der Waals surface area contributed by atoms with Crippen LogP contribution in [0.5, 0.6) is 0 Å². The summed E-state index contributed by atoms with van der Waals surface area (Å²) in [5.74, 6) is 1.96. The predicted octanol–water partition coefficient (Wildman–Crippen LogP) is 4.64. The topological polar surface area (TPSA) is 72.2 Å². The van der Waals surface area contributed by atoms with Gasteiger partial charge in [0.05, 0.1) is 11.1 Å². The fraction of sp³-hybridized carbons (Fsp3) is 0.250. The number of aryl methyl sites for hydroxylation is 2. The van der Waals surface area contributed by atoms with Crippen LogP contribution in [0.25, 0.3) is 11.3 Å². The number of oxazole rings is 1. The number of nitrogens with one attached hydrogen (secondary N) is 1. The second kappa shape index (κ2) is 6.29. The van der Waals surface area contributed by atoms with Crippen molar-refractivity contribution in [3.8, 4) is 11.3 Å². The second-order valence-corrected chi connectivity index (χ2v) is 8.45. The molecule has 0 aliphatic heterocycles. The van der Waals surface area contributed by atoms with Gasteiger partial charge in [0.2, 0.25) is 0 Å². The molecule has 3 aromatic rings. The highest BCUT2D eigenvalue weighted by Crippen LogP contribution is 2.40. The monoisotopic (exact) mass is 368 g/mol. The molecule has 1 aromatic heterocycles. The fourth-order valence-corrected chi connectivity index (χ4v) is 3.88. The van der Waals surface area contributed by atoms with E-state index in [0.717, 1.165) is 35.4 Å².